The predicted octanol–water partition coefficient (Wildman–Crippen LogP) is 2.20. The highest BCUT2D eigenvalue weighted by Crippen LogP contribution is 2.31. The molecule has 0 fully saturated rings. The zero-order valence-corrected chi connectivity index (χ0v) is 11.9. The van der Waals surface area contributed by atoms with E-state index < -0.39 is 0 Å². The van der Waals surface area contributed by atoms with Gasteiger partial charge in [0.2, 0.25) is 0 Å². The molecule has 0 aliphatic heterocycles. The third-order valence-corrected chi connectivity index (χ3v) is 3.12. The molecule has 0 aromatic heterocycles. The lowest BCUT2D eigenvalue weighted by Gasteiger charge is -2.17. The largest absolute Gasteiger partial charge is 0.493 e. The van der Waals surface area contributed by atoms with E-state index in [1.54, 1.807) is 12.1 Å². The molecule has 0 aliphatic carbocycles. The SMILES string of the molecule is CCC(CC)NC(=O)c1cc(OC)c(OC)cc1N. The highest BCUT2D eigenvalue weighted by atomic mass is 16.5. The van der Waals surface area contributed by atoms with Gasteiger partial charge in [-0.2, -0.15) is 0 Å². The van der Waals surface area contributed by atoms with Crippen molar-refractivity contribution in [2.24, 2.45) is 0 Å². The van der Waals surface area contributed by atoms with Gasteiger partial charge < -0.3 is 20.5 Å². The molecule has 106 valence electrons. The summed E-state index contributed by atoms with van der Waals surface area (Å²) in [6.45, 7) is 4.07. The summed E-state index contributed by atoms with van der Waals surface area (Å²) < 4.78 is 10.3. The van der Waals surface area contributed by atoms with Crippen LogP contribution >= 0.6 is 0 Å². The summed E-state index contributed by atoms with van der Waals surface area (Å²) in [6.07, 6.45) is 1.77. The minimum absolute atomic E-state index is 0.153. The van der Waals surface area contributed by atoms with E-state index in [1.807, 2.05) is 13.8 Å². The van der Waals surface area contributed by atoms with E-state index in [1.165, 1.54) is 14.2 Å². The topological polar surface area (TPSA) is 73.6 Å². The van der Waals surface area contributed by atoms with Gasteiger partial charge in [0.15, 0.2) is 11.5 Å². The summed E-state index contributed by atoms with van der Waals surface area (Å²) in [4.78, 5) is 12.2. The van der Waals surface area contributed by atoms with Crippen LogP contribution in [-0.4, -0.2) is 26.2 Å². The summed E-state index contributed by atoms with van der Waals surface area (Å²) in [5.41, 5.74) is 6.67. The van der Waals surface area contributed by atoms with Crippen molar-refractivity contribution in [1.29, 1.82) is 0 Å². The smallest absolute Gasteiger partial charge is 0.253 e. The van der Waals surface area contributed by atoms with Crippen molar-refractivity contribution in [3.05, 3.63) is 17.7 Å². The quantitative estimate of drug-likeness (QED) is 0.774. The number of carbonyl (C=O) groups excluding carboxylic acids is 1. The first-order valence-electron chi connectivity index (χ1n) is 6.39. The maximum Gasteiger partial charge on any atom is 0.253 e. The lowest BCUT2D eigenvalue weighted by Crippen LogP contribution is -2.34. The van der Waals surface area contributed by atoms with Crippen LogP contribution in [-0.2, 0) is 0 Å². The monoisotopic (exact) mass is 266 g/mol. The number of anilines is 1. The normalized spacial score (nSPS) is 10.4. The first kappa shape index (κ1) is 15.1. The van der Waals surface area contributed by atoms with Crippen molar-refractivity contribution in [1.82, 2.24) is 5.32 Å². The van der Waals surface area contributed by atoms with E-state index in [0.717, 1.165) is 12.8 Å². The molecule has 3 N–H and O–H groups in total. The number of nitrogen functional groups attached to an aromatic ring is 1. The molecule has 0 heterocycles. The molecule has 0 radical (unpaired) electrons. The summed E-state index contributed by atoms with van der Waals surface area (Å²) in [5.74, 6) is 0.817. The second-order valence-electron chi connectivity index (χ2n) is 4.28. The Hall–Kier alpha value is -1.91. The number of nitrogens with one attached hydrogen (secondary N) is 1. The number of benzene rings is 1. The Morgan fingerprint density at radius 1 is 1.21 bits per heavy atom. The molecule has 0 saturated heterocycles. The Morgan fingerprint density at radius 3 is 2.21 bits per heavy atom. The number of methoxy groups -OCH3 is 2. The zero-order chi connectivity index (χ0) is 14.4. The number of rotatable bonds is 6. The van der Waals surface area contributed by atoms with E-state index in [0.29, 0.717) is 22.7 Å². The van der Waals surface area contributed by atoms with E-state index >= 15 is 0 Å². The van der Waals surface area contributed by atoms with Crippen LogP contribution in [0.5, 0.6) is 11.5 Å². The van der Waals surface area contributed by atoms with Crippen molar-refractivity contribution < 1.29 is 14.3 Å². The van der Waals surface area contributed by atoms with Gasteiger partial charge in [0.1, 0.15) is 0 Å². The van der Waals surface area contributed by atoms with E-state index in [4.69, 9.17) is 15.2 Å². The summed E-state index contributed by atoms with van der Waals surface area (Å²) in [6, 6.07) is 3.35. The van der Waals surface area contributed by atoms with Crippen molar-refractivity contribution in [2.45, 2.75) is 32.7 Å². The molecule has 1 amide bonds. The molecule has 0 atom stereocenters. The Balaban J connectivity index is 3.03. The third kappa shape index (κ3) is 3.53. The highest BCUT2D eigenvalue weighted by molar-refractivity contribution is 6.00. The number of ether oxygens (including phenoxy) is 2. The maximum atomic E-state index is 12.2. The van der Waals surface area contributed by atoms with Crippen LogP contribution in [0.2, 0.25) is 0 Å². The second kappa shape index (κ2) is 6.87. The summed E-state index contributed by atoms with van der Waals surface area (Å²) in [5, 5.41) is 2.95. The Bertz CT molecular complexity index is 443. The molecule has 19 heavy (non-hydrogen) atoms. The molecule has 1 rings (SSSR count). The van der Waals surface area contributed by atoms with E-state index in [9.17, 15) is 4.79 Å². The zero-order valence-electron chi connectivity index (χ0n) is 11.9. The number of hydrogen-bond acceptors (Lipinski definition) is 4. The van der Waals surface area contributed by atoms with Gasteiger partial charge in [0.25, 0.3) is 5.91 Å². The van der Waals surface area contributed by atoms with Crippen LogP contribution in [0.25, 0.3) is 0 Å². The van der Waals surface area contributed by atoms with Gasteiger partial charge >= 0.3 is 0 Å². The van der Waals surface area contributed by atoms with E-state index in [2.05, 4.69) is 5.32 Å². The van der Waals surface area contributed by atoms with Crippen LogP contribution in [0.15, 0.2) is 12.1 Å². The number of carbonyl (C=O) groups is 1. The molecule has 0 aliphatic rings. The Kier molecular flexibility index (Phi) is 5.48. The first-order chi connectivity index (χ1) is 9.07. The average Bonchev–Trinajstić information content (AvgIpc) is 2.43. The predicted molar refractivity (Wildman–Crippen MR) is 75.8 cm³/mol. The van der Waals surface area contributed by atoms with Crippen molar-refractivity contribution in [2.75, 3.05) is 20.0 Å². The van der Waals surface area contributed by atoms with Gasteiger partial charge in [0, 0.05) is 17.8 Å². The Labute approximate surface area is 114 Å². The molecule has 0 spiro atoms. The standard InChI is InChI=1S/C14H22N2O3/c1-5-9(6-2)16-14(17)10-7-12(18-3)13(19-4)8-11(10)15/h7-9H,5-6,15H2,1-4H3,(H,16,17). The fourth-order valence-corrected chi connectivity index (χ4v) is 1.85. The number of hydrogen-bond donors (Lipinski definition) is 2. The van der Waals surface area contributed by atoms with Crippen molar-refractivity contribution in [3.63, 3.8) is 0 Å². The highest BCUT2D eigenvalue weighted by Gasteiger charge is 2.17. The molecule has 5 nitrogen and oxygen atoms in total. The molecule has 0 saturated carbocycles. The molecule has 1 aromatic carbocycles. The molecule has 5 heteroatoms. The van der Waals surface area contributed by atoms with Crippen LogP contribution in [0.3, 0.4) is 0 Å². The second-order valence-corrected chi connectivity index (χ2v) is 4.28. The van der Waals surface area contributed by atoms with Gasteiger partial charge in [0.05, 0.1) is 19.8 Å². The van der Waals surface area contributed by atoms with Crippen LogP contribution in [0.4, 0.5) is 5.69 Å². The lowest BCUT2D eigenvalue weighted by atomic mass is 10.1. The molecule has 0 unspecified atom stereocenters. The minimum atomic E-state index is -0.188. The van der Waals surface area contributed by atoms with Gasteiger partial charge in [-0.3, -0.25) is 4.79 Å². The van der Waals surface area contributed by atoms with Crippen LogP contribution in [0, 0.1) is 0 Å². The number of amides is 1. The Morgan fingerprint density at radius 2 is 1.74 bits per heavy atom. The fraction of sp³-hybridized carbons (Fsp3) is 0.500. The molecular weight excluding hydrogens is 244 g/mol. The fourth-order valence-electron chi connectivity index (χ4n) is 1.85. The number of nitrogens with two attached hydrogens (primary N) is 1. The van der Waals surface area contributed by atoms with Gasteiger partial charge in [-0.25, -0.2) is 0 Å². The molecule has 1 aromatic rings. The van der Waals surface area contributed by atoms with Gasteiger partial charge in [-0.05, 0) is 18.9 Å². The average molecular weight is 266 g/mol. The minimum Gasteiger partial charge on any atom is -0.493 e. The van der Waals surface area contributed by atoms with Gasteiger partial charge in [-0.1, -0.05) is 13.8 Å². The van der Waals surface area contributed by atoms with Crippen LogP contribution in [0.1, 0.15) is 37.0 Å². The molecule has 0 bridgehead atoms. The van der Waals surface area contributed by atoms with Crippen molar-refractivity contribution in [3.8, 4) is 11.5 Å². The third-order valence-electron chi connectivity index (χ3n) is 3.12. The van der Waals surface area contributed by atoms with Crippen LogP contribution < -0.4 is 20.5 Å². The van der Waals surface area contributed by atoms with Gasteiger partial charge in [-0.15, -0.1) is 0 Å². The van der Waals surface area contributed by atoms with E-state index in [-0.39, 0.29) is 11.9 Å². The maximum absolute atomic E-state index is 12.2. The summed E-state index contributed by atoms with van der Waals surface area (Å²) in [7, 11) is 3.05. The molecular formula is C14H22N2O3. The van der Waals surface area contributed by atoms with Crippen molar-refractivity contribution >= 4 is 11.6 Å². The first-order valence-corrected chi connectivity index (χ1v) is 6.39. The summed E-state index contributed by atoms with van der Waals surface area (Å²) >= 11 is 0. The lowest BCUT2D eigenvalue weighted by molar-refractivity contribution is 0.0935.